The fourth-order valence-corrected chi connectivity index (χ4v) is 2.12. The molecule has 1 aromatic rings. The van der Waals surface area contributed by atoms with Gasteiger partial charge >= 0.3 is 0 Å². The number of ether oxygens (including phenoxy) is 1. The first-order valence-corrected chi connectivity index (χ1v) is 5.84. The number of nitrogens with two attached hydrogens (primary N) is 1. The molecule has 3 nitrogen and oxygen atoms in total. The number of halogens is 1. The first-order chi connectivity index (χ1) is 7.13. The zero-order chi connectivity index (χ0) is 11.3. The van der Waals surface area contributed by atoms with Gasteiger partial charge in [-0.15, -0.1) is 11.8 Å². The van der Waals surface area contributed by atoms with Crippen molar-refractivity contribution in [2.75, 3.05) is 25.2 Å². The third-order valence-corrected chi connectivity index (χ3v) is 3.24. The Morgan fingerprint density at radius 2 is 2.33 bits per heavy atom. The normalized spacial score (nSPS) is 12.7. The standard InChI is InChI=1S/C10H14ClNO2S/c1-14-5-7(13)6-15-8-2-3-10(12)9(11)4-8/h2-4,7,13H,5-6,12H2,1H3. The molecule has 0 saturated carbocycles. The molecule has 0 aromatic heterocycles. The average molecular weight is 248 g/mol. The minimum atomic E-state index is -0.462. The maximum atomic E-state index is 9.43. The Labute approximate surface area is 98.6 Å². The van der Waals surface area contributed by atoms with Crippen LogP contribution < -0.4 is 5.73 Å². The van der Waals surface area contributed by atoms with E-state index in [0.29, 0.717) is 23.1 Å². The van der Waals surface area contributed by atoms with Crippen LogP contribution in [0, 0.1) is 0 Å². The molecular formula is C10H14ClNO2S. The molecule has 0 fully saturated rings. The Kier molecular flexibility index (Phi) is 5.25. The Morgan fingerprint density at radius 3 is 2.93 bits per heavy atom. The van der Waals surface area contributed by atoms with Gasteiger partial charge in [0, 0.05) is 17.8 Å². The second kappa shape index (κ2) is 6.23. The monoisotopic (exact) mass is 247 g/mol. The van der Waals surface area contributed by atoms with Gasteiger partial charge in [-0.3, -0.25) is 0 Å². The van der Waals surface area contributed by atoms with E-state index in [0.717, 1.165) is 4.90 Å². The summed E-state index contributed by atoms with van der Waals surface area (Å²) in [5, 5.41) is 9.97. The van der Waals surface area contributed by atoms with Gasteiger partial charge in [-0.2, -0.15) is 0 Å². The summed E-state index contributed by atoms with van der Waals surface area (Å²) in [6.45, 7) is 0.343. The second-order valence-electron chi connectivity index (χ2n) is 3.10. The highest BCUT2D eigenvalue weighted by Gasteiger charge is 2.05. The molecule has 0 heterocycles. The highest BCUT2D eigenvalue weighted by atomic mass is 35.5. The molecule has 0 aliphatic rings. The molecule has 84 valence electrons. The molecule has 5 heteroatoms. The Bertz CT molecular complexity index is 322. The van der Waals surface area contributed by atoms with E-state index in [2.05, 4.69) is 0 Å². The summed E-state index contributed by atoms with van der Waals surface area (Å²) in [6.07, 6.45) is -0.462. The minimum absolute atomic E-state index is 0.343. The maximum absolute atomic E-state index is 9.43. The van der Waals surface area contributed by atoms with Crippen LogP contribution in [0.2, 0.25) is 5.02 Å². The number of aliphatic hydroxyl groups excluding tert-OH is 1. The molecule has 0 radical (unpaired) electrons. The number of rotatable bonds is 5. The molecule has 1 rings (SSSR count). The summed E-state index contributed by atoms with van der Waals surface area (Å²) < 4.78 is 4.83. The molecule has 0 aliphatic heterocycles. The molecule has 0 spiro atoms. The van der Waals surface area contributed by atoms with E-state index < -0.39 is 6.10 Å². The number of anilines is 1. The SMILES string of the molecule is COCC(O)CSc1ccc(N)c(Cl)c1. The summed E-state index contributed by atoms with van der Waals surface area (Å²) in [7, 11) is 1.56. The predicted molar refractivity (Wildman–Crippen MR) is 64.5 cm³/mol. The van der Waals surface area contributed by atoms with E-state index in [9.17, 15) is 5.11 Å². The molecule has 0 aliphatic carbocycles. The largest absolute Gasteiger partial charge is 0.398 e. The lowest BCUT2D eigenvalue weighted by molar-refractivity contribution is 0.0794. The van der Waals surface area contributed by atoms with E-state index >= 15 is 0 Å². The number of aliphatic hydroxyl groups is 1. The zero-order valence-electron chi connectivity index (χ0n) is 8.44. The van der Waals surface area contributed by atoms with Gasteiger partial charge in [-0.05, 0) is 18.2 Å². The van der Waals surface area contributed by atoms with Crippen molar-refractivity contribution < 1.29 is 9.84 Å². The summed E-state index contributed by atoms with van der Waals surface area (Å²) in [5.41, 5.74) is 6.15. The van der Waals surface area contributed by atoms with Crippen LogP contribution in [0.25, 0.3) is 0 Å². The number of benzene rings is 1. The van der Waals surface area contributed by atoms with Gasteiger partial charge in [0.25, 0.3) is 0 Å². The van der Waals surface area contributed by atoms with Gasteiger partial charge in [0.15, 0.2) is 0 Å². The summed E-state index contributed by atoms with van der Waals surface area (Å²) in [6, 6.07) is 5.43. The van der Waals surface area contributed by atoms with E-state index in [4.69, 9.17) is 22.1 Å². The molecular weight excluding hydrogens is 234 g/mol. The molecule has 1 atom stereocenters. The van der Waals surface area contributed by atoms with Crippen molar-refractivity contribution in [3.05, 3.63) is 23.2 Å². The first-order valence-electron chi connectivity index (χ1n) is 4.48. The van der Waals surface area contributed by atoms with Crippen LogP contribution in [-0.2, 0) is 4.74 Å². The van der Waals surface area contributed by atoms with Gasteiger partial charge in [0.05, 0.1) is 23.4 Å². The fourth-order valence-electron chi connectivity index (χ4n) is 1.03. The van der Waals surface area contributed by atoms with E-state index in [1.54, 1.807) is 19.2 Å². The van der Waals surface area contributed by atoms with Crippen LogP contribution in [0.5, 0.6) is 0 Å². The van der Waals surface area contributed by atoms with Crippen LogP contribution in [-0.4, -0.2) is 30.7 Å². The molecule has 0 amide bonds. The lowest BCUT2D eigenvalue weighted by Gasteiger charge is -2.09. The van der Waals surface area contributed by atoms with Crippen LogP contribution in [0.3, 0.4) is 0 Å². The Hall–Kier alpha value is -0.420. The van der Waals surface area contributed by atoms with Gasteiger partial charge in [-0.1, -0.05) is 11.6 Å². The number of hydrogen-bond donors (Lipinski definition) is 2. The third-order valence-electron chi connectivity index (χ3n) is 1.77. The molecule has 0 saturated heterocycles. The van der Waals surface area contributed by atoms with Gasteiger partial charge < -0.3 is 15.6 Å². The molecule has 1 aromatic carbocycles. The van der Waals surface area contributed by atoms with Crippen molar-refractivity contribution in [3.8, 4) is 0 Å². The van der Waals surface area contributed by atoms with Gasteiger partial charge in [0.2, 0.25) is 0 Å². The average Bonchev–Trinajstić information content (AvgIpc) is 2.20. The van der Waals surface area contributed by atoms with Crippen LogP contribution in [0.4, 0.5) is 5.69 Å². The van der Waals surface area contributed by atoms with Crippen molar-refractivity contribution >= 4 is 29.1 Å². The van der Waals surface area contributed by atoms with Crippen molar-refractivity contribution in [2.24, 2.45) is 0 Å². The minimum Gasteiger partial charge on any atom is -0.398 e. The second-order valence-corrected chi connectivity index (χ2v) is 4.60. The number of hydrogen-bond acceptors (Lipinski definition) is 4. The quantitative estimate of drug-likeness (QED) is 0.618. The van der Waals surface area contributed by atoms with Crippen molar-refractivity contribution in [1.29, 1.82) is 0 Å². The summed E-state index contributed by atoms with van der Waals surface area (Å²) in [4.78, 5) is 0.990. The molecule has 0 bridgehead atoms. The van der Waals surface area contributed by atoms with Crippen molar-refractivity contribution in [1.82, 2.24) is 0 Å². The van der Waals surface area contributed by atoms with E-state index in [-0.39, 0.29) is 0 Å². The lowest BCUT2D eigenvalue weighted by Crippen LogP contribution is -2.16. The van der Waals surface area contributed by atoms with Crippen LogP contribution >= 0.6 is 23.4 Å². The fraction of sp³-hybridized carbons (Fsp3) is 0.400. The van der Waals surface area contributed by atoms with Crippen molar-refractivity contribution in [3.63, 3.8) is 0 Å². The smallest absolute Gasteiger partial charge is 0.0867 e. The number of thioether (sulfide) groups is 1. The summed E-state index contributed by atoms with van der Waals surface area (Å²) >= 11 is 7.39. The van der Waals surface area contributed by atoms with E-state index in [1.807, 2.05) is 6.07 Å². The Morgan fingerprint density at radius 1 is 1.60 bits per heavy atom. The lowest BCUT2D eigenvalue weighted by atomic mass is 10.3. The maximum Gasteiger partial charge on any atom is 0.0867 e. The van der Waals surface area contributed by atoms with Crippen LogP contribution in [0.1, 0.15) is 0 Å². The molecule has 3 N–H and O–H groups in total. The summed E-state index contributed by atoms with van der Waals surface area (Å²) in [5.74, 6) is 0.577. The molecule has 1 unspecified atom stereocenters. The predicted octanol–water partition coefficient (Wildman–Crippen LogP) is 2.02. The topological polar surface area (TPSA) is 55.5 Å². The van der Waals surface area contributed by atoms with Crippen molar-refractivity contribution in [2.45, 2.75) is 11.0 Å². The first kappa shape index (κ1) is 12.6. The number of methoxy groups -OCH3 is 1. The highest BCUT2D eigenvalue weighted by Crippen LogP contribution is 2.26. The number of nitrogen functional groups attached to an aromatic ring is 1. The Balaban J connectivity index is 2.47. The van der Waals surface area contributed by atoms with Gasteiger partial charge in [-0.25, -0.2) is 0 Å². The van der Waals surface area contributed by atoms with E-state index in [1.165, 1.54) is 11.8 Å². The molecule has 15 heavy (non-hydrogen) atoms. The zero-order valence-corrected chi connectivity index (χ0v) is 10.0. The third kappa shape index (κ3) is 4.30. The van der Waals surface area contributed by atoms with Crippen LogP contribution in [0.15, 0.2) is 23.1 Å². The highest BCUT2D eigenvalue weighted by molar-refractivity contribution is 7.99. The van der Waals surface area contributed by atoms with Gasteiger partial charge in [0.1, 0.15) is 0 Å².